The van der Waals surface area contributed by atoms with E-state index in [1.165, 1.54) is 0 Å². The Kier molecular flexibility index (Phi) is 4.74. The molecule has 0 spiro atoms. The lowest BCUT2D eigenvalue weighted by Crippen LogP contribution is -2.35. The second-order valence-electron chi connectivity index (χ2n) is 6.55. The Labute approximate surface area is 147 Å². The van der Waals surface area contributed by atoms with Crippen LogP contribution in [0.15, 0.2) is 54.6 Å². The molecule has 1 aliphatic carbocycles. The molecule has 2 amide bonds. The molecular weight excluding hydrogens is 316 g/mol. The summed E-state index contributed by atoms with van der Waals surface area (Å²) in [4.78, 5) is 25.1. The molecule has 5 nitrogen and oxygen atoms in total. The van der Waals surface area contributed by atoms with Gasteiger partial charge in [0, 0.05) is 11.4 Å². The Bertz CT molecular complexity index is 750. The molecule has 1 saturated carbocycles. The Morgan fingerprint density at radius 1 is 0.880 bits per heavy atom. The molecule has 1 fully saturated rings. The van der Waals surface area contributed by atoms with Crippen LogP contribution in [0.4, 0.5) is 11.4 Å². The standard InChI is InChI=1S/C20H22N2O3/c1-14(2)25-17-10-8-16(9-11-17)22-19(24)20(12-13-20)18(23)21-15-6-4-3-5-7-15/h3-11,14H,12-13H2,1-2H3,(H,21,23)(H,22,24). The number of carbonyl (C=O) groups excluding carboxylic acids is 2. The maximum atomic E-state index is 12.6. The number of ether oxygens (including phenoxy) is 1. The highest BCUT2D eigenvalue weighted by Crippen LogP contribution is 2.47. The maximum absolute atomic E-state index is 12.6. The summed E-state index contributed by atoms with van der Waals surface area (Å²) >= 11 is 0. The van der Waals surface area contributed by atoms with Crippen molar-refractivity contribution in [3.8, 4) is 5.75 Å². The third-order valence-corrected chi connectivity index (χ3v) is 4.13. The van der Waals surface area contributed by atoms with Crippen molar-refractivity contribution in [2.75, 3.05) is 10.6 Å². The second kappa shape index (κ2) is 6.97. The number of amides is 2. The number of rotatable bonds is 6. The fourth-order valence-corrected chi connectivity index (χ4v) is 2.59. The van der Waals surface area contributed by atoms with Crippen LogP contribution in [-0.2, 0) is 9.59 Å². The van der Waals surface area contributed by atoms with Crippen molar-refractivity contribution < 1.29 is 14.3 Å². The van der Waals surface area contributed by atoms with Gasteiger partial charge in [-0.05, 0) is 63.1 Å². The monoisotopic (exact) mass is 338 g/mol. The quantitative estimate of drug-likeness (QED) is 0.787. The molecule has 0 saturated heterocycles. The molecule has 0 aromatic heterocycles. The van der Waals surface area contributed by atoms with E-state index in [0.29, 0.717) is 24.2 Å². The number of para-hydroxylation sites is 1. The first-order valence-corrected chi connectivity index (χ1v) is 8.44. The van der Waals surface area contributed by atoms with Crippen LogP contribution < -0.4 is 15.4 Å². The summed E-state index contributed by atoms with van der Waals surface area (Å²) in [5, 5.41) is 5.66. The van der Waals surface area contributed by atoms with Crippen LogP contribution in [-0.4, -0.2) is 17.9 Å². The van der Waals surface area contributed by atoms with Gasteiger partial charge in [-0.15, -0.1) is 0 Å². The van der Waals surface area contributed by atoms with Crippen molar-refractivity contribution in [1.82, 2.24) is 0 Å². The van der Waals surface area contributed by atoms with E-state index in [1.807, 2.05) is 32.0 Å². The van der Waals surface area contributed by atoms with Crippen LogP contribution in [0.5, 0.6) is 5.75 Å². The van der Waals surface area contributed by atoms with Crippen molar-refractivity contribution in [3.05, 3.63) is 54.6 Å². The van der Waals surface area contributed by atoms with Gasteiger partial charge in [0.05, 0.1) is 6.10 Å². The summed E-state index contributed by atoms with van der Waals surface area (Å²) in [6.07, 6.45) is 1.22. The zero-order chi connectivity index (χ0) is 17.9. The van der Waals surface area contributed by atoms with Crippen molar-refractivity contribution in [3.63, 3.8) is 0 Å². The van der Waals surface area contributed by atoms with Gasteiger partial charge in [-0.25, -0.2) is 0 Å². The SMILES string of the molecule is CC(C)Oc1ccc(NC(=O)C2(C(=O)Nc3ccccc3)CC2)cc1. The summed E-state index contributed by atoms with van der Waals surface area (Å²) in [5.41, 5.74) is 0.379. The molecule has 1 aliphatic rings. The molecule has 0 radical (unpaired) electrons. The predicted octanol–water partition coefficient (Wildman–Crippen LogP) is 3.83. The molecule has 5 heteroatoms. The smallest absolute Gasteiger partial charge is 0.240 e. The number of benzene rings is 2. The van der Waals surface area contributed by atoms with Gasteiger partial charge in [0.15, 0.2) is 0 Å². The minimum absolute atomic E-state index is 0.0943. The fourth-order valence-electron chi connectivity index (χ4n) is 2.59. The number of hydrogen-bond acceptors (Lipinski definition) is 3. The van der Waals surface area contributed by atoms with Gasteiger partial charge < -0.3 is 15.4 Å². The van der Waals surface area contributed by atoms with Crippen LogP contribution in [0.3, 0.4) is 0 Å². The number of anilines is 2. The number of carbonyl (C=O) groups is 2. The summed E-state index contributed by atoms with van der Waals surface area (Å²) in [7, 11) is 0. The van der Waals surface area contributed by atoms with Crippen LogP contribution in [0.1, 0.15) is 26.7 Å². The molecule has 0 bridgehead atoms. The van der Waals surface area contributed by atoms with E-state index < -0.39 is 5.41 Å². The lowest BCUT2D eigenvalue weighted by atomic mass is 10.0. The average Bonchev–Trinajstić information content (AvgIpc) is 3.39. The van der Waals surface area contributed by atoms with Gasteiger partial charge in [-0.3, -0.25) is 9.59 Å². The lowest BCUT2D eigenvalue weighted by Gasteiger charge is -2.16. The topological polar surface area (TPSA) is 67.4 Å². The van der Waals surface area contributed by atoms with Crippen molar-refractivity contribution in [1.29, 1.82) is 0 Å². The van der Waals surface area contributed by atoms with E-state index in [0.717, 1.165) is 5.75 Å². The third-order valence-electron chi connectivity index (χ3n) is 4.13. The Hall–Kier alpha value is -2.82. The zero-order valence-electron chi connectivity index (χ0n) is 14.4. The zero-order valence-corrected chi connectivity index (χ0v) is 14.4. The molecule has 130 valence electrons. The van der Waals surface area contributed by atoms with Crippen LogP contribution in [0, 0.1) is 5.41 Å². The number of hydrogen-bond donors (Lipinski definition) is 2. The van der Waals surface area contributed by atoms with Gasteiger partial charge in [0.1, 0.15) is 11.2 Å². The molecular formula is C20H22N2O3. The molecule has 0 aliphatic heterocycles. The molecule has 25 heavy (non-hydrogen) atoms. The fraction of sp³-hybridized carbons (Fsp3) is 0.300. The van der Waals surface area contributed by atoms with Crippen molar-refractivity contribution in [2.45, 2.75) is 32.8 Å². The molecule has 2 N–H and O–H groups in total. The minimum Gasteiger partial charge on any atom is -0.491 e. The van der Waals surface area contributed by atoms with Crippen LogP contribution in [0.2, 0.25) is 0 Å². The minimum atomic E-state index is -0.969. The molecule has 0 heterocycles. The van der Waals surface area contributed by atoms with Crippen LogP contribution >= 0.6 is 0 Å². The molecule has 3 rings (SSSR count). The van der Waals surface area contributed by atoms with E-state index in [2.05, 4.69) is 10.6 Å². The largest absolute Gasteiger partial charge is 0.491 e. The van der Waals surface area contributed by atoms with Crippen molar-refractivity contribution in [2.24, 2.45) is 5.41 Å². The third kappa shape index (κ3) is 3.99. The molecule has 2 aromatic carbocycles. The average molecular weight is 338 g/mol. The summed E-state index contributed by atoms with van der Waals surface area (Å²) in [6.45, 7) is 3.91. The van der Waals surface area contributed by atoms with E-state index in [1.54, 1.807) is 36.4 Å². The van der Waals surface area contributed by atoms with Gasteiger partial charge in [0.2, 0.25) is 11.8 Å². The predicted molar refractivity (Wildman–Crippen MR) is 97.6 cm³/mol. The van der Waals surface area contributed by atoms with Crippen LogP contribution in [0.25, 0.3) is 0 Å². The summed E-state index contributed by atoms with van der Waals surface area (Å²) < 4.78 is 5.58. The molecule has 2 aromatic rings. The summed E-state index contributed by atoms with van der Waals surface area (Å²) in [5.74, 6) is 0.227. The summed E-state index contributed by atoms with van der Waals surface area (Å²) in [6, 6.07) is 16.3. The Balaban J connectivity index is 1.63. The van der Waals surface area contributed by atoms with Gasteiger partial charge >= 0.3 is 0 Å². The van der Waals surface area contributed by atoms with E-state index in [9.17, 15) is 9.59 Å². The van der Waals surface area contributed by atoms with Gasteiger partial charge in [-0.2, -0.15) is 0 Å². The Morgan fingerprint density at radius 3 is 1.88 bits per heavy atom. The lowest BCUT2D eigenvalue weighted by molar-refractivity contribution is -0.131. The van der Waals surface area contributed by atoms with Crippen molar-refractivity contribution >= 4 is 23.2 Å². The second-order valence-corrected chi connectivity index (χ2v) is 6.55. The first-order chi connectivity index (χ1) is 12.0. The first-order valence-electron chi connectivity index (χ1n) is 8.44. The van der Waals surface area contributed by atoms with Gasteiger partial charge in [0.25, 0.3) is 0 Å². The highest BCUT2D eigenvalue weighted by atomic mass is 16.5. The van der Waals surface area contributed by atoms with E-state index >= 15 is 0 Å². The normalized spacial score (nSPS) is 14.7. The Morgan fingerprint density at radius 2 is 1.40 bits per heavy atom. The van der Waals surface area contributed by atoms with Gasteiger partial charge in [-0.1, -0.05) is 18.2 Å². The maximum Gasteiger partial charge on any atom is 0.240 e. The van der Waals surface area contributed by atoms with E-state index in [4.69, 9.17) is 4.74 Å². The van der Waals surface area contributed by atoms with E-state index in [-0.39, 0.29) is 17.9 Å². The number of nitrogens with one attached hydrogen (secondary N) is 2. The first kappa shape index (κ1) is 17.0. The molecule has 0 atom stereocenters. The molecule has 0 unspecified atom stereocenters. The highest BCUT2D eigenvalue weighted by Gasteiger charge is 2.56. The highest BCUT2D eigenvalue weighted by molar-refractivity contribution is 6.16.